The number of hydrogen-bond acceptors (Lipinski definition) is 4. The molecule has 3 heterocycles. The van der Waals surface area contributed by atoms with Crippen LogP contribution in [-0.2, 0) is 4.74 Å². The van der Waals surface area contributed by atoms with Gasteiger partial charge in [-0.15, -0.1) is 0 Å². The van der Waals surface area contributed by atoms with Gasteiger partial charge in [0.15, 0.2) is 5.65 Å². The molecule has 6 nitrogen and oxygen atoms in total. The highest BCUT2D eigenvalue weighted by atomic mass is 19.4. The third-order valence-electron chi connectivity index (χ3n) is 7.20. The van der Waals surface area contributed by atoms with Crippen LogP contribution in [-0.4, -0.2) is 50.5 Å². The van der Waals surface area contributed by atoms with E-state index in [1.807, 2.05) is 44.3 Å². The number of carbonyl (C=O) groups is 1. The number of alkyl halides is 3. The summed E-state index contributed by atoms with van der Waals surface area (Å²) in [6, 6.07) is 3.94. The van der Waals surface area contributed by atoms with Crippen LogP contribution >= 0.6 is 0 Å². The van der Waals surface area contributed by atoms with Crippen LogP contribution in [0.2, 0.25) is 0 Å². The number of amides is 1. The summed E-state index contributed by atoms with van der Waals surface area (Å²) in [4.78, 5) is 19.1. The van der Waals surface area contributed by atoms with E-state index in [4.69, 9.17) is 9.84 Å². The van der Waals surface area contributed by atoms with Crippen molar-refractivity contribution in [2.45, 2.75) is 90.3 Å². The molecule has 2 aliphatic rings. The zero-order valence-electron chi connectivity index (χ0n) is 20.7. The van der Waals surface area contributed by atoms with E-state index in [1.54, 1.807) is 4.90 Å². The summed E-state index contributed by atoms with van der Waals surface area (Å²) in [6.07, 6.45) is -2.33. The molecule has 1 aliphatic carbocycles. The first-order valence-corrected chi connectivity index (χ1v) is 12.2. The molecule has 1 amide bonds. The average molecular weight is 481 g/mol. The van der Waals surface area contributed by atoms with Gasteiger partial charge in [0.25, 0.3) is 0 Å². The summed E-state index contributed by atoms with van der Waals surface area (Å²) in [5.41, 5.74) is 2.81. The number of nitrogens with zero attached hydrogens (tertiary/aromatic N) is 4. The Morgan fingerprint density at radius 1 is 1.09 bits per heavy atom. The maximum absolute atomic E-state index is 13.1. The van der Waals surface area contributed by atoms with Crippen molar-refractivity contribution in [2.24, 2.45) is 11.8 Å². The Hall–Kier alpha value is -2.32. The van der Waals surface area contributed by atoms with E-state index in [-0.39, 0.29) is 30.8 Å². The van der Waals surface area contributed by atoms with Gasteiger partial charge in [-0.05, 0) is 71.8 Å². The molecule has 1 aliphatic heterocycles. The molecule has 9 heteroatoms. The zero-order valence-corrected chi connectivity index (χ0v) is 20.7. The molecule has 0 bridgehead atoms. The number of carbonyl (C=O) groups excluding carboxylic acids is 1. The number of hydrogen-bond donors (Lipinski definition) is 0. The Morgan fingerprint density at radius 3 is 2.38 bits per heavy atom. The van der Waals surface area contributed by atoms with Crippen LogP contribution in [0.1, 0.15) is 88.7 Å². The lowest BCUT2D eigenvalue weighted by atomic mass is 9.80. The molecule has 2 fully saturated rings. The first-order chi connectivity index (χ1) is 15.8. The normalized spacial score (nSPS) is 26.6. The molecule has 188 valence electrons. The van der Waals surface area contributed by atoms with Gasteiger partial charge in [0, 0.05) is 36.7 Å². The molecule has 2 atom stereocenters. The van der Waals surface area contributed by atoms with Crippen molar-refractivity contribution in [1.82, 2.24) is 19.5 Å². The fraction of sp³-hybridized carbons (Fsp3) is 0.720. The van der Waals surface area contributed by atoms with Gasteiger partial charge < -0.3 is 9.64 Å². The zero-order chi connectivity index (χ0) is 24.8. The van der Waals surface area contributed by atoms with Gasteiger partial charge in [0.05, 0.1) is 17.3 Å². The third-order valence-corrected chi connectivity index (χ3v) is 7.20. The Labute approximate surface area is 198 Å². The number of halogens is 3. The van der Waals surface area contributed by atoms with Crippen molar-refractivity contribution in [2.75, 3.05) is 13.1 Å². The minimum absolute atomic E-state index is 0.00972. The van der Waals surface area contributed by atoms with Gasteiger partial charge in [0.1, 0.15) is 5.60 Å². The van der Waals surface area contributed by atoms with Crippen molar-refractivity contribution in [1.29, 1.82) is 0 Å². The summed E-state index contributed by atoms with van der Waals surface area (Å²) < 4.78 is 46.7. The largest absolute Gasteiger partial charge is 0.444 e. The molecule has 0 spiro atoms. The van der Waals surface area contributed by atoms with Crippen LogP contribution in [0.4, 0.5) is 18.0 Å². The summed E-state index contributed by atoms with van der Waals surface area (Å²) in [6.45, 7) is 10.9. The molecular formula is C25H35F3N4O2. The van der Waals surface area contributed by atoms with Crippen molar-refractivity contribution in [3.63, 3.8) is 0 Å². The predicted molar refractivity (Wildman–Crippen MR) is 123 cm³/mol. The smallest absolute Gasteiger partial charge is 0.410 e. The first kappa shape index (κ1) is 24.8. The van der Waals surface area contributed by atoms with Crippen LogP contribution in [0, 0.1) is 18.8 Å². The van der Waals surface area contributed by atoms with E-state index in [2.05, 4.69) is 11.9 Å². The summed E-state index contributed by atoms with van der Waals surface area (Å²) in [5.74, 6) is -0.813. The molecule has 0 aromatic carbocycles. The molecule has 0 N–H and O–H groups in total. The van der Waals surface area contributed by atoms with Crippen LogP contribution < -0.4 is 0 Å². The van der Waals surface area contributed by atoms with E-state index >= 15 is 0 Å². The van der Waals surface area contributed by atoms with Gasteiger partial charge in [-0.2, -0.15) is 18.3 Å². The van der Waals surface area contributed by atoms with Crippen LogP contribution in [0.5, 0.6) is 0 Å². The van der Waals surface area contributed by atoms with Gasteiger partial charge >= 0.3 is 12.3 Å². The highest BCUT2D eigenvalue weighted by molar-refractivity contribution is 5.68. The van der Waals surface area contributed by atoms with Gasteiger partial charge in [-0.25, -0.2) is 14.3 Å². The molecule has 1 saturated carbocycles. The Bertz CT molecular complexity index is 1040. The number of ether oxygens (including phenoxy) is 1. The number of piperidine rings is 1. The van der Waals surface area contributed by atoms with Crippen LogP contribution in [0.15, 0.2) is 12.1 Å². The highest BCUT2D eigenvalue weighted by Crippen LogP contribution is 2.43. The second-order valence-corrected chi connectivity index (χ2v) is 11.1. The second kappa shape index (κ2) is 9.04. The second-order valence-electron chi connectivity index (χ2n) is 11.1. The maximum atomic E-state index is 13.1. The lowest BCUT2D eigenvalue weighted by molar-refractivity contribution is -0.182. The Kier molecular flexibility index (Phi) is 6.59. The molecule has 34 heavy (non-hydrogen) atoms. The third kappa shape index (κ3) is 5.33. The number of fused-ring (bicyclic) bond motifs is 1. The average Bonchev–Trinajstić information content (AvgIpc) is 3.15. The first-order valence-electron chi connectivity index (χ1n) is 12.2. The van der Waals surface area contributed by atoms with Crippen molar-refractivity contribution in [3.8, 4) is 0 Å². The van der Waals surface area contributed by atoms with Crippen molar-refractivity contribution in [3.05, 3.63) is 29.2 Å². The Balaban J connectivity index is 1.59. The minimum atomic E-state index is -4.12. The standard InChI is InChI=1S/C25H35F3N4O2/c1-15-10-11-31(23(33)34-24(3,4)5)14-19(15)21-12-16(2)29-22-13-20(30-32(21)22)17-6-8-18(9-7-17)25(26,27)28/h12-13,15,17-19H,6-11,14H2,1-5H3/t15-,17-,18-,19-/m1/s1. The number of likely N-dealkylation sites (tertiary alicyclic amines) is 1. The quantitative estimate of drug-likeness (QED) is 0.511. The number of rotatable bonds is 2. The van der Waals surface area contributed by atoms with E-state index < -0.39 is 17.7 Å². The van der Waals surface area contributed by atoms with Gasteiger partial charge in [-0.1, -0.05) is 6.92 Å². The highest BCUT2D eigenvalue weighted by Gasteiger charge is 2.42. The van der Waals surface area contributed by atoms with E-state index in [0.29, 0.717) is 37.5 Å². The van der Waals surface area contributed by atoms with Crippen LogP contribution in [0.3, 0.4) is 0 Å². The SMILES string of the molecule is Cc1cc([C@@H]2CN(C(=O)OC(C)(C)C)CC[C@H]2C)n2nc([C@H]3CC[C@H](C(F)(F)F)CC3)cc2n1. The molecule has 2 aromatic heterocycles. The number of aromatic nitrogens is 3. The molecule has 0 radical (unpaired) electrons. The molecule has 2 aromatic rings. The lowest BCUT2D eigenvalue weighted by Gasteiger charge is -2.38. The molecule has 0 unspecified atom stereocenters. The maximum Gasteiger partial charge on any atom is 0.410 e. The van der Waals surface area contributed by atoms with E-state index in [0.717, 1.165) is 23.5 Å². The monoisotopic (exact) mass is 480 g/mol. The summed E-state index contributed by atoms with van der Waals surface area (Å²) >= 11 is 0. The fourth-order valence-electron chi connectivity index (χ4n) is 5.27. The molecular weight excluding hydrogens is 445 g/mol. The summed E-state index contributed by atoms with van der Waals surface area (Å²) in [7, 11) is 0. The topological polar surface area (TPSA) is 59.7 Å². The minimum Gasteiger partial charge on any atom is -0.444 e. The van der Waals surface area contributed by atoms with Crippen molar-refractivity contribution >= 4 is 11.7 Å². The predicted octanol–water partition coefficient (Wildman–Crippen LogP) is 6.23. The van der Waals surface area contributed by atoms with E-state index in [1.165, 1.54) is 0 Å². The van der Waals surface area contributed by atoms with Gasteiger partial charge in [0.2, 0.25) is 0 Å². The van der Waals surface area contributed by atoms with Crippen LogP contribution in [0.25, 0.3) is 5.65 Å². The molecule has 1 saturated heterocycles. The van der Waals surface area contributed by atoms with Gasteiger partial charge in [-0.3, -0.25) is 0 Å². The summed E-state index contributed by atoms with van der Waals surface area (Å²) in [5, 5.41) is 4.84. The van der Waals surface area contributed by atoms with Crippen molar-refractivity contribution < 1.29 is 22.7 Å². The number of aryl methyl sites for hydroxylation is 1. The fourth-order valence-corrected chi connectivity index (χ4v) is 5.27. The Morgan fingerprint density at radius 2 is 1.76 bits per heavy atom. The lowest BCUT2D eigenvalue weighted by Crippen LogP contribution is -2.45. The molecule has 4 rings (SSSR count). The van der Waals surface area contributed by atoms with E-state index in [9.17, 15) is 18.0 Å².